The fourth-order valence-corrected chi connectivity index (χ4v) is 1.71. The number of methoxy groups -OCH3 is 1. The molecule has 0 bridgehead atoms. The van der Waals surface area contributed by atoms with E-state index in [0.717, 1.165) is 25.6 Å². The van der Waals surface area contributed by atoms with Gasteiger partial charge in [-0.2, -0.15) is 0 Å². The van der Waals surface area contributed by atoms with Crippen LogP contribution in [0.4, 0.5) is 0 Å². The highest BCUT2D eigenvalue weighted by Crippen LogP contribution is 2.16. The number of rotatable bonds is 4. The number of halogens is 1. The van der Waals surface area contributed by atoms with Crippen molar-refractivity contribution in [3.8, 4) is 0 Å². The van der Waals surface area contributed by atoms with Crippen LogP contribution >= 0.6 is 11.6 Å². The quantitative estimate of drug-likeness (QED) is 0.599. The first kappa shape index (κ1) is 9.30. The van der Waals surface area contributed by atoms with Crippen LogP contribution in [-0.2, 0) is 4.74 Å². The van der Waals surface area contributed by atoms with Crippen LogP contribution in [0.1, 0.15) is 6.42 Å². The highest BCUT2D eigenvalue weighted by atomic mass is 35.5. The molecule has 2 nitrogen and oxygen atoms in total. The van der Waals surface area contributed by atoms with Gasteiger partial charge in [0.05, 0.1) is 6.61 Å². The first-order chi connectivity index (χ1) is 5.36. The first-order valence-corrected chi connectivity index (χ1v) is 4.67. The van der Waals surface area contributed by atoms with Crippen LogP contribution in [0.5, 0.6) is 0 Å². The summed E-state index contributed by atoms with van der Waals surface area (Å²) in [6.45, 7) is 4.26. The fourth-order valence-electron chi connectivity index (χ4n) is 1.46. The Balaban J connectivity index is 2.09. The number of ether oxygens (including phenoxy) is 1. The fraction of sp³-hybridized carbons (Fsp3) is 1.00. The summed E-state index contributed by atoms with van der Waals surface area (Å²) in [5.74, 6) is 1.53. The van der Waals surface area contributed by atoms with E-state index in [0.29, 0.717) is 5.92 Å². The Morgan fingerprint density at radius 1 is 1.64 bits per heavy atom. The number of hydrogen-bond donors (Lipinski definition) is 0. The topological polar surface area (TPSA) is 12.5 Å². The average Bonchev–Trinajstić information content (AvgIpc) is 2.48. The van der Waals surface area contributed by atoms with Crippen LogP contribution in [0.25, 0.3) is 0 Å². The minimum absolute atomic E-state index is 0.716. The van der Waals surface area contributed by atoms with Crippen molar-refractivity contribution in [1.82, 2.24) is 4.90 Å². The summed E-state index contributed by atoms with van der Waals surface area (Å²) in [5, 5.41) is 0. The lowest BCUT2D eigenvalue weighted by atomic mass is 10.2. The van der Waals surface area contributed by atoms with Crippen molar-refractivity contribution in [1.29, 1.82) is 0 Å². The molecule has 0 aromatic rings. The molecule has 1 unspecified atom stereocenters. The number of alkyl halides is 1. The standard InChI is InChI=1S/C8H16ClNO/c1-11-5-4-10-3-2-8(6-9)7-10/h8H,2-7H2,1H3. The molecule has 0 saturated carbocycles. The van der Waals surface area contributed by atoms with Gasteiger partial charge in [-0.3, -0.25) is 0 Å². The molecule has 1 atom stereocenters. The summed E-state index contributed by atoms with van der Waals surface area (Å²) in [5.41, 5.74) is 0. The Kier molecular flexibility index (Phi) is 4.20. The molecule has 1 fully saturated rings. The molecular formula is C8H16ClNO. The van der Waals surface area contributed by atoms with Crippen molar-refractivity contribution in [2.24, 2.45) is 5.92 Å². The van der Waals surface area contributed by atoms with Crippen LogP contribution < -0.4 is 0 Å². The number of nitrogens with zero attached hydrogens (tertiary/aromatic N) is 1. The first-order valence-electron chi connectivity index (χ1n) is 4.14. The lowest BCUT2D eigenvalue weighted by Gasteiger charge is -2.13. The van der Waals surface area contributed by atoms with Crippen LogP contribution in [0.15, 0.2) is 0 Å². The monoisotopic (exact) mass is 177 g/mol. The van der Waals surface area contributed by atoms with E-state index in [1.165, 1.54) is 13.0 Å². The molecule has 0 aliphatic carbocycles. The largest absolute Gasteiger partial charge is 0.383 e. The van der Waals surface area contributed by atoms with Gasteiger partial charge in [-0.1, -0.05) is 0 Å². The molecule has 11 heavy (non-hydrogen) atoms. The summed E-state index contributed by atoms with van der Waals surface area (Å²) in [6, 6.07) is 0. The van der Waals surface area contributed by atoms with Gasteiger partial charge in [-0.05, 0) is 18.9 Å². The zero-order chi connectivity index (χ0) is 8.10. The molecule has 0 N–H and O–H groups in total. The summed E-state index contributed by atoms with van der Waals surface area (Å²) in [6.07, 6.45) is 1.26. The normalized spacial score (nSPS) is 26.2. The molecule has 3 heteroatoms. The minimum Gasteiger partial charge on any atom is -0.383 e. The van der Waals surface area contributed by atoms with E-state index < -0.39 is 0 Å². The van der Waals surface area contributed by atoms with Gasteiger partial charge in [0, 0.05) is 26.1 Å². The molecule has 1 aliphatic rings. The molecule has 0 aromatic heterocycles. The van der Waals surface area contributed by atoms with Crippen molar-refractivity contribution in [3.63, 3.8) is 0 Å². The summed E-state index contributed by atoms with van der Waals surface area (Å²) >= 11 is 5.75. The maximum atomic E-state index is 5.75. The zero-order valence-corrected chi connectivity index (χ0v) is 7.81. The Morgan fingerprint density at radius 2 is 2.45 bits per heavy atom. The molecule has 0 aromatic carbocycles. The second-order valence-electron chi connectivity index (χ2n) is 3.10. The van der Waals surface area contributed by atoms with E-state index in [9.17, 15) is 0 Å². The van der Waals surface area contributed by atoms with Gasteiger partial charge < -0.3 is 9.64 Å². The third kappa shape index (κ3) is 2.97. The van der Waals surface area contributed by atoms with Crippen LogP contribution in [0, 0.1) is 5.92 Å². The second kappa shape index (κ2) is 4.96. The van der Waals surface area contributed by atoms with Crippen molar-refractivity contribution in [2.75, 3.05) is 39.2 Å². The summed E-state index contributed by atoms with van der Waals surface area (Å²) < 4.78 is 5.00. The van der Waals surface area contributed by atoms with E-state index in [-0.39, 0.29) is 0 Å². The van der Waals surface area contributed by atoms with E-state index in [2.05, 4.69) is 4.90 Å². The Hall–Kier alpha value is 0.210. The second-order valence-corrected chi connectivity index (χ2v) is 3.41. The van der Waals surface area contributed by atoms with E-state index in [1.54, 1.807) is 7.11 Å². The summed E-state index contributed by atoms with van der Waals surface area (Å²) in [4.78, 5) is 2.41. The van der Waals surface area contributed by atoms with Crippen LogP contribution in [0.2, 0.25) is 0 Å². The van der Waals surface area contributed by atoms with Gasteiger partial charge in [0.1, 0.15) is 0 Å². The van der Waals surface area contributed by atoms with Crippen molar-refractivity contribution >= 4 is 11.6 Å². The maximum absolute atomic E-state index is 5.75. The van der Waals surface area contributed by atoms with Crippen molar-refractivity contribution < 1.29 is 4.74 Å². The predicted molar refractivity (Wildman–Crippen MR) is 47.1 cm³/mol. The molecule has 1 heterocycles. The van der Waals surface area contributed by atoms with Gasteiger partial charge in [0.15, 0.2) is 0 Å². The number of likely N-dealkylation sites (tertiary alicyclic amines) is 1. The Morgan fingerprint density at radius 3 is 3.00 bits per heavy atom. The smallest absolute Gasteiger partial charge is 0.0589 e. The SMILES string of the molecule is COCCN1CCC(CCl)C1. The van der Waals surface area contributed by atoms with Gasteiger partial charge in [0.2, 0.25) is 0 Å². The molecule has 0 amide bonds. The van der Waals surface area contributed by atoms with Gasteiger partial charge in [-0.25, -0.2) is 0 Å². The molecular weight excluding hydrogens is 162 g/mol. The van der Waals surface area contributed by atoms with E-state index in [4.69, 9.17) is 16.3 Å². The maximum Gasteiger partial charge on any atom is 0.0589 e. The third-order valence-corrected chi connectivity index (χ3v) is 2.64. The van der Waals surface area contributed by atoms with Gasteiger partial charge >= 0.3 is 0 Å². The third-order valence-electron chi connectivity index (χ3n) is 2.20. The molecule has 1 saturated heterocycles. The van der Waals surface area contributed by atoms with Crippen molar-refractivity contribution in [2.45, 2.75) is 6.42 Å². The Labute approximate surface area is 73.5 Å². The molecule has 1 rings (SSSR count). The Bertz CT molecular complexity index is 110. The molecule has 0 spiro atoms. The molecule has 1 aliphatic heterocycles. The molecule has 0 radical (unpaired) electrons. The van der Waals surface area contributed by atoms with Crippen molar-refractivity contribution in [3.05, 3.63) is 0 Å². The van der Waals surface area contributed by atoms with Gasteiger partial charge in [-0.15, -0.1) is 11.6 Å². The zero-order valence-electron chi connectivity index (χ0n) is 7.05. The van der Waals surface area contributed by atoms with Gasteiger partial charge in [0.25, 0.3) is 0 Å². The van der Waals surface area contributed by atoms with E-state index >= 15 is 0 Å². The lowest BCUT2D eigenvalue weighted by Crippen LogP contribution is -2.25. The molecule has 66 valence electrons. The highest BCUT2D eigenvalue weighted by molar-refractivity contribution is 6.18. The number of hydrogen-bond acceptors (Lipinski definition) is 2. The van der Waals surface area contributed by atoms with Crippen LogP contribution in [0.3, 0.4) is 0 Å². The average molecular weight is 178 g/mol. The summed E-state index contributed by atoms with van der Waals surface area (Å²) in [7, 11) is 1.75. The van der Waals surface area contributed by atoms with E-state index in [1.807, 2.05) is 0 Å². The van der Waals surface area contributed by atoms with Crippen LogP contribution in [-0.4, -0.2) is 44.1 Å². The highest BCUT2D eigenvalue weighted by Gasteiger charge is 2.20. The predicted octanol–water partition coefficient (Wildman–Crippen LogP) is 1.19. The lowest BCUT2D eigenvalue weighted by molar-refractivity contribution is 0.159. The minimum atomic E-state index is 0.716.